The van der Waals surface area contributed by atoms with Gasteiger partial charge in [-0.05, 0) is 31.5 Å². The van der Waals surface area contributed by atoms with Crippen molar-refractivity contribution < 1.29 is 14.8 Å². The summed E-state index contributed by atoms with van der Waals surface area (Å²) in [5.74, 6) is 0.385. The third kappa shape index (κ3) is 3.18. The van der Waals surface area contributed by atoms with Crippen LogP contribution in [0, 0.1) is 28.4 Å². The number of aliphatic hydroxyl groups is 1. The van der Waals surface area contributed by atoms with Crippen LogP contribution in [0.25, 0.3) is 0 Å². The highest BCUT2D eigenvalue weighted by Crippen LogP contribution is 2.42. The molecule has 0 spiro atoms. The third-order valence-corrected chi connectivity index (χ3v) is 4.00. The summed E-state index contributed by atoms with van der Waals surface area (Å²) in [6.07, 6.45) is -0.808. The second-order valence-electron chi connectivity index (χ2n) is 4.45. The van der Waals surface area contributed by atoms with Crippen LogP contribution in [-0.4, -0.2) is 10.0 Å². The van der Waals surface area contributed by atoms with E-state index in [1.807, 2.05) is 6.07 Å². The molecule has 1 heterocycles. The van der Waals surface area contributed by atoms with Crippen molar-refractivity contribution in [2.75, 3.05) is 0 Å². The standard InChI is InChI=1S/C14H12N2O4S/c1-8-3-4-10(7-15)5-12(8)20-14-11(16(18)19)6-13(21-14)9(2)17/h3-6,9,17H,1-2H3. The molecule has 1 aromatic carbocycles. The summed E-state index contributed by atoms with van der Waals surface area (Å²) in [5, 5.41) is 29.6. The van der Waals surface area contributed by atoms with Gasteiger partial charge in [0, 0.05) is 10.9 Å². The van der Waals surface area contributed by atoms with E-state index in [0.717, 1.165) is 16.9 Å². The van der Waals surface area contributed by atoms with E-state index < -0.39 is 11.0 Å². The molecule has 0 bridgehead atoms. The molecule has 6 nitrogen and oxygen atoms in total. The van der Waals surface area contributed by atoms with E-state index in [4.69, 9.17) is 10.00 Å². The van der Waals surface area contributed by atoms with Crippen molar-refractivity contribution in [3.63, 3.8) is 0 Å². The number of benzene rings is 1. The van der Waals surface area contributed by atoms with Crippen molar-refractivity contribution in [3.8, 4) is 16.9 Å². The lowest BCUT2D eigenvalue weighted by Gasteiger charge is -2.06. The van der Waals surface area contributed by atoms with Crippen LogP contribution >= 0.6 is 11.3 Å². The van der Waals surface area contributed by atoms with Gasteiger partial charge in [0.25, 0.3) is 5.06 Å². The van der Waals surface area contributed by atoms with Gasteiger partial charge in [0.2, 0.25) is 0 Å². The smallest absolute Gasteiger partial charge is 0.323 e. The molecule has 0 saturated heterocycles. The van der Waals surface area contributed by atoms with Gasteiger partial charge in [-0.15, -0.1) is 0 Å². The average molecular weight is 304 g/mol. The zero-order valence-corrected chi connectivity index (χ0v) is 12.2. The van der Waals surface area contributed by atoms with Crippen molar-refractivity contribution in [1.29, 1.82) is 5.26 Å². The summed E-state index contributed by atoms with van der Waals surface area (Å²) in [6.45, 7) is 3.31. The number of nitrogens with zero attached hydrogens (tertiary/aromatic N) is 2. The predicted molar refractivity (Wildman–Crippen MR) is 77.6 cm³/mol. The maximum absolute atomic E-state index is 11.1. The summed E-state index contributed by atoms with van der Waals surface area (Å²) in [4.78, 5) is 10.9. The lowest BCUT2D eigenvalue weighted by Crippen LogP contribution is -1.91. The van der Waals surface area contributed by atoms with Crippen molar-refractivity contribution in [1.82, 2.24) is 0 Å². The normalized spacial score (nSPS) is 11.7. The number of hydrogen-bond acceptors (Lipinski definition) is 6. The highest BCUT2D eigenvalue weighted by atomic mass is 32.1. The quantitative estimate of drug-likeness (QED) is 0.686. The van der Waals surface area contributed by atoms with Crippen molar-refractivity contribution in [2.24, 2.45) is 0 Å². The number of hydrogen-bond donors (Lipinski definition) is 1. The van der Waals surface area contributed by atoms with E-state index >= 15 is 0 Å². The Kier molecular flexibility index (Phi) is 4.21. The van der Waals surface area contributed by atoms with Crippen molar-refractivity contribution in [3.05, 3.63) is 50.4 Å². The van der Waals surface area contributed by atoms with Gasteiger partial charge in [-0.2, -0.15) is 5.26 Å². The summed E-state index contributed by atoms with van der Waals surface area (Å²) < 4.78 is 5.59. The number of aliphatic hydroxyl groups excluding tert-OH is 1. The number of rotatable bonds is 4. The van der Waals surface area contributed by atoms with Crippen LogP contribution in [0.1, 0.15) is 29.0 Å². The van der Waals surface area contributed by atoms with Crippen molar-refractivity contribution in [2.45, 2.75) is 20.0 Å². The Labute approximate surface area is 125 Å². The molecule has 7 heteroatoms. The third-order valence-electron chi connectivity index (χ3n) is 2.83. The van der Waals surface area contributed by atoms with Crippen molar-refractivity contribution >= 4 is 17.0 Å². The molecule has 1 aromatic heterocycles. The Balaban J connectivity index is 2.44. The fourth-order valence-electron chi connectivity index (χ4n) is 1.67. The lowest BCUT2D eigenvalue weighted by atomic mass is 10.1. The van der Waals surface area contributed by atoms with Crippen LogP contribution < -0.4 is 4.74 Å². The first-order chi connectivity index (χ1) is 9.92. The largest absolute Gasteiger partial charge is 0.440 e. The van der Waals surface area contributed by atoms with E-state index in [2.05, 4.69) is 0 Å². The molecule has 2 rings (SSSR count). The van der Waals surface area contributed by atoms with E-state index in [1.54, 1.807) is 19.1 Å². The zero-order valence-electron chi connectivity index (χ0n) is 11.4. The average Bonchev–Trinajstić information content (AvgIpc) is 2.85. The molecular weight excluding hydrogens is 292 g/mol. The second kappa shape index (κ2) is 5.91. The van der Waals surface area contributed by atoms with Gasteiger partial charge < -0.3 is 9.84 Å². The SMILES string of the molecule is Cc1ccc(C#N)cc1Oc1sc(C(C)O)cc1[N+](=O)[O-]. The maximum Gasteiger partial charge on any atom is 0.323 e. The fourth-order valence-corrected chi connectivity index (χ4v) is 2.59. The molecular formula is C14H12N2O4S. The van der Waals surface area contributed by atoms with Gasteiger partial charge in [-0.1, -0.05) is 17.4 Å². The molecule has 1 unspecified atom stereocenters. The molecule has 0 aliphatic rings. The molecule has 0 aliphatic carbocycles. The number of nitro groups is 1. The second-order valence-corrected chi connectivity index (χ2v) is 5.50. The Morgan fingerprint density at radius 2 is 2.19 bits per heavy atom. The Morgan fingerprint density at radius 3 is 2.76 bits per heavy atom. The molecule has 0 aliphatic heterocycles. The minimum Gasteiger partial charge on any atom is -0.440 e. The van der Waals surface area contributed by atoms with Gasteiger partial charge in [0.15, 0.2) is 0 Å². The van der Waals surface area contributed by atoms with Gasteiger partial charge in [-0.25, -0.2) is 0 Å². The Hall–Kier alpha value is -2.43. The summed E-state index contributed by atoms with van der Waals surface area (Å²) in [7, 11) is 0. The monoisotopic (exact) mass is 304 g/mol. The molecule has 0 fully saturated rings. The summed E-state index contributed by atoms with van der Waals surface area (Å²) in [5.41, 5.74) is 0.971. The first kappa shape index (κ1) is 15.0. The van der Waals surface area contributed by atoms with Crippen LogP contribution in [0.15, 0.2) is 24.3 Å². The number of ether oxygens (including phenoxy) is 1. The molecule has 0 radical (unpaired) electrons. The maximum atomic E-state index is 11.1. The van der Waals surface area contributed by atoms with Crippen LogP contribution in [0.5, 0.6) is 10.8 Å². The van der Waals surface area contributed by atoms with E-state index in [9.17, 15) is 15.2 Å². The van der Waals surface area contributed by atoms with Crippen LogP contribution in [0.2, 0.25) is 0 Å². The van der Waals surface area contributed by atoms with Gasteiger partial charge >= 0.3 is 5.69 Å². The van der Waals surface area contributed by atoms with E-state index in [-0.39, 0.29) is 10.8 Å². The molecule has 2 aromatic rings. The minimum atomic E-state index is -0.808. The van der Waals surface area contributed by atoms with Crippen LogP contribution in [0.4, 0.5) is 5.69 Å². The highest BCUT2D eigenvalue weighted by Gasteiger charge is 2.23. The summed E-state index contributed by atoms with van der Waals surface area (Å²) in [6, 6.07) is 8.18. The molecule has 1 N–H and O–H groups in total. The van der Waals surface area contributed by atoms with Gasteiger partial charge in [-0.3, -0.25) is 10.1 Å². The van der Waals surface area contributed by atoms with E-state index in [1.165, 1.54) is 19.1 Å². The first-order valence-electron chi connectivity index (χ1n) is 6.07. The topological polar surface area (TPSA) is 96.4 Å². The zero-order chi connectivity index (χ0) is 15.6. The molecule has 1 atom stereocenters. The van der Waals surface area contributed by atoms with Gasteiger partial charge in [0.1, 0.15) is 5.75 Å². The predicted octanol–water partition coefficient (Wildman–Crippen LogP) is 3.68. The Bertz CT molecular complexity index is 731. The molecule has 0 saturated carbocycles. The number of aryl methyl sites for hydroxylation is 1. The van der Waals surface area contributed by atoms with Crippen LogP contribution in [-0.2, 0) is 0 Å². The lowest BCUT2D eigenvalue weighted by molar-refractivity contribution is -0.385. The number of nitriles is 1. The summed E-state index contributed by atoms with van der Waals surface area (Å²) >= 11 is 1.02. The van der Waals surface area contributed by atoms with E-state index in [0.29, 0.717) is 16.2 Å². The highest BCUT2D eigenvalue weighted by molar-refractivity contribution is 7.14. The Morgan fingerprint density at radius 1 is 1.48 bits per heavy atom. The fraction of sp³-hybridized carbons (Fsp3) is 0.214. The minimum absolute atomic E-state index is 0.0917. The van der Waals surface area contributed by atoms with Crippen LogP contribution in [0.3, 0.4) is 0 Å². The van der Waals surface area contributed by atoms with Gasteiger partial charge in [0.05, 0.1) is 22.7 Å². The first-order valence-corrected chi connectivity index (χ1v) is 6.88. The number of thiophene rings is 1. The molecule has 0 amide bonds. The molecule has 108 valence electrons. The molecule has 21 heavy (non-hydrogen) atoms.